The number of oxime groups is 1. The quantitative estimate of drug-likeness (QED) is 0.248. The summed E-state index contributed by atoms with van der Waals surface area (Å²) in [6.07, 6.45) is 0. The standard InChI is InChI=1S/C7H7N5O/c8-7(11-13)4-1-2-5-6(3-4)10-12-9-5/h1-3,13H,(H2,8,11)(H,9,10,12). The van der Waals surface area contributed by atoms with Gasteiger partial charge in [-0.25, -0.2) is 0 Å². The summed E-state index contributed by atoms with van der Waals surface area (Å²) in [7, 11) is 0. The van der Waals surface area contributed by atoms with Gasteiger partial charge < -0.3 is 10.9 Å². The number of benzene rings is 1. The molecule has 0 saturated carbocycles. The number of aromatic amines is 1. The maximum Gasteiger partial charge on any atom is 0.170 e. The fourth-order valence-electron chi connectivity index (χ4n) is 1.06. The van der Waals surface area contributed by atoms with Crippen LogP contribution in [0.25, 0.3) is 11.0 Å². The van der Waals surface area contributed by atoms with Gasteiger partial charge in [-0.2, -0.15) is 15.4 Å². The first kappa shape index (κ1) is 7.53. The van der Waals surface area contributed by atoms with Gasteiger partial charge in [0.1, 0.15) is 11.0 Å². The molecule has 2 aromatic rings. The van der Waals surface area contributed by atoms with Crippen molar-refractivity contribution >= 4 is 16.9 Å². The summed E-state index contributed by atoms with van der Waals surface area (Å²) in [5.41, 5.74) is 7.44. The summed E-state index contributed by atoms with van der Waals surface area (Å²) in [6.45, 7) is 0. The number of rotatable bonds is 1. The fourth-order valence-corrected chi connectivity index (χ4v) is 1.06. The molecule has 2 rings (SSSR count). The Kier molecular flexibility index (Phi) is 1.59. The van der Waals surface area contributed by atoms with Crippen LogP contribution in [0.4, 0.5) is 0 Å². The van der Waals surface area contributed by atoms with Gasteiger partial charge in [0.25, 0.3) is 0 Å². The van der Waals surface area contributed by atoms with Crippen LogP contribution in [0, 0.1) is 0 Å². The molecule has 0 radical (unpaired) electrons. The maximum absolute atomic E-state index is 8.43. The summed E-state index contributed by atoms with van der Waals surface area (Å²) in [6, 6.07) is 5.14. The summed E-state index contributed by atoms with van der Waals surface area (Å²) >= 11 is 0. The molecule has 1 aromatic heterocycles. The van der Waals surface area contributed by atoms with E-state index in [2.05, 4.69) is 20.6 Å². The van der Waals surface area contributed by atoms with Gasteiger partial charge in [-0.05, 0) is 18.2 Å². The molecule has 0 unspecified atom stereocenters. The topological polar surface area (TPSA) is 100 Å². The van der Waals surface area contributed by atoms with Gasteiger partial charge in [-0.3, -0.25) is 0 Å². The molecule has 4 N–H and O–H groups in total. The summed E-state index contributed by atoms with van der Waals surface area (Å²) in [5, 5.41) is 21.5. The van der Waals surface area contributed by atoms with E-state index >= 15 is 0 Å². The van der Waals surface area contributed by atoms with E-state index in [4.69, 9.17) is 10.9 Å². The Labute approximate surface area is 73.0 Å². The Balaban J connectivity index is 2.60. The second-order valence-electron chi connectivity index (χ2n) is 2.51. The lowest BCUT2D eigenvalue weighted by Crippen LogP contribution is -2.12. The van der Waals surface area contributed by atoms with Crippen LogP contribution >= 0.6 is 0 Å². The normalized spacial score (nSPS) is 12.2. The molecule has 0 bridgehead atoms. The Morgan fingerprint density at radius 2 is 2.15 bits per heavy atom. The second kappa shape index (κ2) is 2.74. The van der Waals surface area contributed by atoms with Gasteiger partial charge in [0.15, 0.2) is 5.84 Å². The van der Waals surface area contributed by atoms with Crippen molar-refractivity contribution < 1.29 is 5.21 Å². The highest BCUT2D eigenvalue weighted by Crippen LogP contribution is 2.09. The van der Waals surface area contributed by atoms with Crippen molar-refractivity contribution in [3.05, 3.63) is 23.8 Å². The minimum atomic E-state index is 0.0601. The van der Waals surface area contributed by atoms with Crippen LogP contribution < -0.4 is 5.73 Å². The van der Waals surface area contributed by atoms with E-state index < -0.39 is 0 Å². The van der Waals surface area contributed by atoms with Gasteiger partial charge in [0.2, 0.25) is 0 Å². The molecule has 0 aliphatic rings. The number of hydrogen-bond acceptors (Lipinski definition) is 4. The fraction of sp³-hybridized carbons (Fsp3) is 0. The number of hydrogen-bond donors (Lipinski definition) is 3. The molecule has 6 nitrogen and oxygen atoms in total. The average Bonchev–Trinajstić information content (AvgIpc) is 2.63. The highest BCUT2D eigenvalue weighted by Gasteiger charge is 2.02. The molecule has 6 heteroatoms. The summed E-state index contributed by atoms with van der Waals surface area (Å²) < 4.78 is 0. The first-order valence-corrected chi connectivity index (χ1v) is 3.59. The van der Waals surface area contributed by atoms with Gasteiger partial charge in [-0.15, -0.1) is 0 Å². The number of nitrogens with one attached hydrogen (secondary N) is 1. The molecule has 1 aromatic carbocycles. The van der Waals surface area contributed by atoms with Gasteiger partial charge in [0.05, 0.1) is 0 Å². The van der Waals surface area contributed by atoms with Gasteiger partial charge in [-0.1, -0.05) is 5.16 Å². The zero-order valence-electron chi connectivity index (χ0n) is 6.60. The Morgan fingerprint density at radius 1 is 1.38 bits per heavy atom. The lowest BCUT2D eigenvalue weighted by atomic mass is 10.2. The Hall–Kier alpha value is -2.11. The van der Waals surface area contributed by atoms with E-state index in [1.165, 1.54) is 0 Å². The zero-order chi connectivity index (χ0) is 9.26. The molecule has 0 fully saturated rings. The monoisotopic (exact) mass is 177 g/mol. The van der Waals surface area contributed by atoms with Gasteiger partial charge >= 0.3 is 0 Å². The molecule has 66 valence electrons. The molecule has 1 heterocycles. The van der Waals surface area contributed by atoms with Gasteiger partial charge in [0, 0.05) is 5.56 Å². The molecular weight excluding hydrogens is 170 g/mol. The van der Waals surface area contributed by atoms with E-state index in [1.807, 2.05) is 0 Å². The highest BCUT2D eigenvalue weighted by molar-refractivity contribution is 5.99. The third-order valence-corrected chi connectivity index (χ3v) is 1.72. The van der Waals surface area contributed by atoms with Crippen molar-refractivity contribution in [2.75, 3.05) is 0 Å². The average molecular weight is 177 g/mol. The first-order chi connectivity index (χ1) is 6.31. The van der Waals surface area contributed by atoms with E-state index in [-0.39, 0.29) is 5.84 Å². The molecule has 0 aliphatic carbocycles. The third kappa shape index (κ3) is 1.18. The lowest BCUT2D eigenvalue weighted by molar-refractivity contribution is 0.318. The highest BCUT2D eigenvalue weighted by atomic mass is 16.4. The van der Waals surface area contributed by atoms with Crippen LogP contribution in [-0.2, 0) is 0 Å². The van der Waals surface area contributed by atoms with Crippen molar-refractivity contribution in [2.24, 2.45) is 10.9 Å². The summed E-state index contributed by atoms with van der Waals surface area (Å²) in [4.78, 5) is 0. The van der Waals surface area contributed by atoms with Crippen molar-refractivity contribution in [3.8, 4) is 0 Å². The van der Waals surface area contributed by atoms with Crippen LogP contribution in [-0.4, -0.2) is 26.5 Å². The molecule has 0 aliphatic heterocycles. The number of fused-ring (bicyclic) bond motifs is 1. The van der Waals surface area contributed by atoms with E-state index in [1.54, 1.807) is 18.2 Å². The van der Waals surface area contributed by atoms with Crippen LogP contribution in [0.3, 0.4) is 0 Å². The van der Waals surface area contributed by atoms with Crippen LogP contribution in [0.15, 0.2) is 23.4 Å². The SMILES string of the molecule is N/C(=N\O)c1ccc2n[nH]nc2c1. The van der Waals surface area contributed by atoms with E-state index in [0.29, 0.717) is 11.1 Å². The Morgan fingerprint density at radius 3 is 2.92 bits per heavy atom. The first-order valence-electron chi connectivity index (χ1n) is 3.59. The minimum absolute atomic E-state index is 0.0601. The number of aromatic nitrogens is 3. The van der Waals surface area contributed by atoms with Crippen molar-refractivity contribution in [1.82, 2.24) is 15.4 Å². The van der Waals surface area contributed by atoms with Crippen molar-refractivity contribution in [1.29, 1.82) is 0 Å². The predicted octanol–water partition coefficient (Wildman–Crippen LogP) is 0.0524. The number of nitrogens with zero attached hydrogens (tertiary/aromatic N) is 3. The Bertz CT molecular complexity index is 461. The number of nitrogens with two attached hydrogens (primary N) is 1. The van der Waals surface area contributed by atoms with Crippen LogP contribution in [0.5, 0.6) is 0 Å². The molecule has 0 spiro atoms. The van der Waals surface area contributed by atoms with Crippen LogP contribution in [0.1, 0.15) is 5.56 Å². The van der Waals surface area contributed by atoms with E-state index in [0.717, 1.165) is 5.52 Å². The minimum Gasteiger partial charge on any atom is -0.409 e. The smallest absolute Gasteiger partial charge is 0.170 e. The largest absolute Gasteiger partial charge is 0.409 e. The molecule has 13 heavy (non-hydrogen) atoms. The molecular formula is C7H7N5O. The second-order valence-corrected chi connectivity index (χ2v) is 2.51. The predicted molar refractivity (Wildman–Crippen MR) is 46.4 cm³/mol. The third-order valence-electron chi connectivity index (χ3n) is 1.72. The van der Waals surface area contributed by atoms with E-state index in [9.17, 15) is 0 Å². The summed E-state index contributed by atoms with van der Waals surface area (Å²) in [5.74, 6) is 0.0601. The van der Waals surface area contributed by atoms with Crippen molar-refractivity contribution in [2.45, 2.75) is 0 Å². The lowest BCUT2D eigenvalue weighted by Gasteiger charge is -1.95. The zero-order valence-corrected chi connectivity index (χ0v) is 6.60. The van der Waals surface area contributed by atoms with Crippen LogP contribution in [0.2, 0.25) is 0 Å². The number of amidine groups is 1. The molecule has 0 atom stereocenters. The number of H-pyrrole nitrogens is 1. The molecule has 0 amide bonds. The maximum atomic E-state index is 8.43. The molecule has 0 saturated heterocycles. The van der Waals surface area contributed by atoms with Crippen molar-refractivity contribution in [3.63, 3.8) is 0 Å².